The summed E-state index contributed by atoms with van der Waals surface area (Å²) in [6.07, 6.45) is 6.22. The van der Waals surface area contributed by atoms with Crippen molar-refractivity contribution < 1.29 is 9.63 Å². The van der Waals surface area contributed by atoms with Crippen LogP contribution in [0.2, 0.25) is 0 Å². The average molecular weight is 310 g/mol. The van der Waals surface area contributed by atoms with E-state index in [1.807, 2.05) is 0 Å². The largest absolute Gasteiger partial charge is 0.341 e. The van der Waals surface area contributed by atoms with Crippen LogP contribution in [0.25, 0.3) is 0 Å². The first kappa shape index (κ1) is 13.4. The molecule has 4 fully saturated rings. The first-order chi connectivity index (χ1) is 11.2. The van der Waals surface area contributed by atoms with E-state index >= 15 is 0 Å². The molecule has 1 aromatic rings. The molecule has 0 radical (unpaired) electrons. The molecule has 0 N–H and O–H groups in total. The van der Waals surface area contributed by atoms with Gasteiger partial charge in [-0.1, -0.05) is 17.3 Å². The van der Waals surface area contributed by atoms with Gasteiger partial charge in [0.25, 0.3) is 0 Å². The van der Waals surface area contributed by atoms with Crippen molar-refractivity contribution in [1.82, 2.24) is 0 Å². The molecule has 3 atom stereocenters. The lowest BCUT2D eigenvalue weighted by Gasteiger charge is -2.43. The standard InChI is InChI=1S/C18H18N2O3/c21-17(23-19-9-10-1-3-14(20-22)4-2-10)18-7-12-5-11-6-13(8-18)15(12)16(11)18/h1-4,9,11-13,15-16H,5-8H2/b19-9+. The Hall–Kier alpha value is -2.04. The van der Waals surface area contributed by atoms with E-state index in [9.17, 15) is 9.70 Å². The molecule has 1 aromatic carbocycles. The topological polar surface area (TPSA) is 68.1 Å². The SMILES string of the molecule is O=Nc1ccc(/C=N/OC(=O)C23CC4CC5CC(C2)C4C53)cc1. The van der Waals surface area contributed by atoms with Gasteiger partial charge in [-0.25, -0.2) is 4.79 Å². The Balaban J connectivity index is 1.29. The fourth-order valence-electron chi connectivity index (χ4n) is 6.47. The Morgan fingerprint density at radius 2 is 1.83 bits per heavy atom. The van der Waals surface area contributed by atoms with Crippen LogP contribution in [-0.4, -0.2) is 12.2 Å². The van der Waals surface area contributed by atoms with E-state index in [-0.39, 0.29) is 11.4 Å². The van der Waals surface area contributed by atoms with Gasteiger partial charge in [-0.05, 0) is 78.1 Å². The van der Waals surface area contributed by atoms with Gasteiger partial charge in [0.15, 0.2) is 0 Å². The molecule has 0 aliphatic heterocycles. The lowest BCUT2D eigenvalue weighted by Crippen LogP contribution is -2.43. The Kier molecular flexibility index (Phi) is 2.62. The van der Waals surface area contributed by atoms with Crippen LogP contribution in [0.5, 0.6) is 0 Å². The Labute approximate surface area is 134 Å². The van der Waals surface area contributed by atoms with Crippen molar-refractivity contribution in [2.45, 2.75) is 25.7 Å². The fraction of sp³-hybridized carbons (Fsp3) is 0.556. The molecular formula is C18H18N2O3. The molecule has 5 heteroatoms. The summed E-state index contributed by atoms with van der Waals surface area (Å²) in [4.78, 5) is 28.3. The predicted molar refractivity (Wildman–Crippen MR) is 83.9 cm³/mol. The fourth-order valence-corrected chi connectivity index (χ4v) is 6.47. The van der Waals surface area contributed by atoms with E-state index in [1.165, 1.54) is 19.1 Å². The second-order valence-corrected chi connectivity index (χ2v) is 7.72. The van der Waals surface area contributed by atoms with Crippen LogP contribution in [0.3, 0.4) is 0 Å². The van der Waals surface area contributed by atoms with Crippen molar-refractivity contribution in [3.63, 3.8) is 0 Å². The molecule has 4 aliphatic carbocycles. The molecule has 0 heterocycles. The number of hydrogen-bond acceptors (Lipinski definition) is 5. The third kappa shape index (κ3) is 1.68. The Bertz CT molecular complexity index is 695. The minimum Gasteiger partial charge on any atom is -0.318 e. The van der Waals surface area contributed by atoms with E-state index in [2.05, 4.69) is 10.3 Å². The van der Waals surface area contributed by atoms with Gasteiger partial charge in [-0.2, -0.15) is 0 Å². The van der Waals surface area contributed by atoms with Gasteiger partial charge in [0.2, 0.25) is 0 Å². The number of nitroso groups, excluding NO2 is 1. The number of oxime groups is 1. The second-order valence-electron chi connectivity index (χ2n) is 7.72. The molecule has 0 saturated heterocycles. The third-order valence-corrected chi connectivity index (χ3v) is 6.86. The molecule has 5 rings (SSSR count). The van der Waals surface area contributed by atoms with Crippen LogP contribution >= 0.6 is 0 Å². The van der Waals surface area contributed by atoms with Gasteiger partial charge in [-0.15, -0.1) is 4.91 Å². The van der Waals surface area contributed by atoms with E-state index in [0.717, 1.165) is 42.1 Å². The van der Waals surface area contributed by atoms with Crippen LogP contribution in [0.15, 0.2) is 34.6 Å². The molecule has 23 heavy (non-hydrogen) atoms. The smallest absolute Gasteiger partial charge is 0.318 e. The van der Waals surface area contributed by atoms with Gasteiger partial charge in [-0.3, -0.25) is 0 Å². The minimum absolute atomic E-state index is 0.121. The maximum absolute atomic E-state index is 12.7. The number of carbonyl (C=O) groups is 1. The van der Waals surface area contributed by atoms with Crippen LogP contribution in [0.4, 0.5) is 5.69 Å². The summed E-state index contributed by atoms with van der Waals surface area (Å²) in [7, 11) is 0. The van der Waals surface area contributed by atoms with E-state index in [0.29, 0.717) is 11.6 Å². The molecule has 0 spiro atoms. The molecular weight excluding hydrogens is 292 g/mol. The van der Waals surface area contributed by atoms with Gasteiger partial charge < -0.3 is 4.84 Å². The summed E-state index contributed by atoms with van der Waals surface area (Å²) < 4.78 is 0. The van der Waals surface area contributed by atoms with E-state index in [4.69, 9.17) is 4.84 Å². The summed E-state index contributed by atoms with van der Waals surface area (Å²) in [6.45, 7) is 0. The minimum atomic E-state index is -0.232. The van der Waals surface area contributed by atoms with Crippen molar-refractivity contribution in [1.29, 1.82) is 0 Å². The monoisotopic (exact) mass is 310 g/mol. The normalized spacial score (nSPS) is 42.0. The first-order valence-electron chi connectivity index (χ1n) is 8.39. The van der Waals surface area contributed by atoms with Crippen molar-refractivity contribution in [2.24, 2.45) is 45.3 Å². The lowest BCUT2D eigenvalue weighted by atomic mass is 9.61. The number of hydrogen-bond donors (Lipinski definition) is 0. The van der Waals surface area contributed by atoms with Gasteiger partial charge >= 0.3 is 5.97 Å². The van der Waals surface area contributed by atoms with Gasteiger partial charge in [0.05, 0.1) is 11.6 Å². The highest BCUT2D eigenvalue weighted by molar-refractivity contribution is 5.83. The Morgan fingerprint density at radius 3 is 2.39 bits per heavy atom. The quantitative estimate of drug-likeness (QED) is 0.369. The van der Waals surface area contributed by atoms with Crippen molar-refractivity contribution in [3.05, 3.63) is 34.7 Å². The third-order valence-electron chi connectivity index (χ3n) is 6.86. The summed E-state index contributed by atoms with van der Waals surface area (Å²) in [5.74, 6) is 3.52. The molecule has 6 bridgehead atoms. The number of rotatable bonds is 4. The number of carbonyl (C=O) groups excluding carboxylic acids is 1. The Morgan fingerprint density at radius 1 is 1.13 bits per heavy atom. The van der Waals surface area contributed by atoms with Crippen molar-refractivity contribution >= 4 is 17.9 Å². The molecule has 0 aromatic heterocycles. The zero-order valence-electron chi connectivity index (χ0n) is 12.7. The van der Waals surface area contributed by atoms with Crippen LogP contribution in [0.1, 0.15) is 31.2 Å². The van der Waals surface area contributed by atoms with Crippen LogP contribution < -0.4 is 0 Å². The maximum atomic E-state index is 12.7. The van der Waals surface area contributed by atoms with Crippen LogP contribution in [0, 0.1) is 39.9 Å². The van der Waals surface area contributed by atoms with Crippen LogP contribution in [-0.2, 0) is 9.63 Å². The summed E-state index contributed by atoms with van der Waals surface area (Å²) in [5, 5.41) is 6.74. The maximum Gasteiger partial charge on any atom is 0.341 e. The second kappa shape index (κ2) is 4.49. The molecule has 5 nitrogen and oxygen atoms in total. The first-order valence-corrected chi connectivity index (χ1v) is 8.39. The molecule has 4 aliphatic rings. The highest BCUT2D eigenvalue weighted by Crippen LogP contribution is 2.78. The molecule has 4 saturated carbocycles. The number of benzene rings is 1. The highest BCUT2D eigenvalue weighted by atomic mass is 16.7. The average Bonchev–Trinajstić information content (AvgIpc) is 3.27. The van der Waals surface area contributed by atoms with Gasteiger partial charge in [0.1, 0.15) is 5.69 Å². The zero-order valence-corrected chi connectivity index (χ0v) is 12.7. The zero-order chi connectivity index (χ0) is 15.6. The highest BCUT2D eigenvalue weighted by Gasteiger charge is 2.75. The van der Waals surface area contributed by atoms with E-state index in [1.54, 1.807) is 24.3 Å². The van der Waals surface area contributed by atoms with Crippen molar-refractivity contribution in [3.8, 4) is 0 Å². The van der Waals surface area contributed by atoms with Crippen molar-refractivity contribution in [2.75, 3.05) is 0 Å². The summed E-state index contributed by atoms with van der Waals surface area (Å²) in [5.41, 5.74) is 0.920. The predicted octanol–water partition coefficient (Wildman–Crippen LogP) is 3.64. The van der Waals surface area contributed by atoms with E-state index < -0.39 is 0 Å². The molecule has 3 unspecified atom stereocenters. The summed E-state index contributed by atoms with van der Waals surface area (Å²) >= 11 is 0. The number of nitrogens with zero attached hydrogens (tertiary/aromatic N) is 2. The molecule has 0 amide bonds. The van der Waals surface area contributed by atoms with Gasteiger partial charge in [0, 0.05) is 0 Å². The molecule has 118 valence electrons. The summed E-state index contributed by atoms with van der Waals surface area (Å²) in [6, 6.07) is 6.68. The lowest BCUT2D eigenvalue weighted by molar-refractivity contribution is -0.163.